The Morgan fingerprint density at radius 3 is 2.53 bits per heavy atom. The number of carboxylic acid groups (broad SMARTS) is 1. The molecule has 0 spiro atoms. The number of carboxylic acids is 1. The first-order chi connectivity index (χ1) is 9.08. The fourth-order valence-corrected chi connectivity index (χ4v) is 2.12. The van der Waals surface area contributed by atoms with E-state index in [0.717, 1.165) is 12.1 Å². The first-order valence-corrected chi connectivity index (χ1v) is 6.10. The highest BCUT2D eigenvalue weighted by Gasteiger charge is 2.18. The number of morpholine rings is 1. The zero-order chi connectivity index (χ0) is 13.8. The van der Waals surface area contributed by atoms with E-state index >= 15 is 0 Å². The molecule has 0 aliphatic carbocycles. The average Bonchev–Trinajstić information content (AvgIpc) is 2.40. The van der Waals surface area contributed by atoms with Crippen LogP contribution in [0.5, 0.6) is 0 Å². The van der Waals surface area contributed by atoms with E-state index in [1.54, 1.807) is 0 Å². The molecule has 1 saturated heterocycles. The molecule has 1 N–H and O–H groups in total. The summed E-state index contributed by atoms with van der Waals surface area (Å²) in [5.74, 6) is -2.82. The molecule has 19 heavy (non-hydrogen) atoms. The molecule has 1 aliphatic heterocycles. The van der Waals surface area contributed by atoms with E-state index in [9.17, 15) is 13.6 Å². The normalized spacial score (nSPS) is 15.6. The second kappa shape index (κ2) is 5.97. The van der Waals surface area contributed by atoms with Crippen molar-refractivity contribution in [2.75, 3.05) is 31.2 Å². The summed E-state index contributed by atoms with van der Waals surface area (Å²) in [6, 6.07) is 2.22. The Balaban J connectivity index is 2.27. The molecule has 1 fully saturated rings. The van der Waals surface area contributed by atoms with Crippen LogP contribution in [0.15, 0.2) is 12.1 Å². The molecule has 0 saturated carbocycles. The number of ether oxygens (including phenoxy) is 1. The van der Waals surface area contributed by atoms with E-state index in [1.165, 1.54) is 0 Å². The number of rotatable bonds is 4. The Labute approximate surface area is 109 Å². The monoisotopic (exact) mass is 271 g/mol. The number of aryl methyl sites for hydroxylation is 1. The fraction of sp³-hybridized carbons (Fsp3) is 0.462. The van der Waals surface area contributed by atoms with Crippen LogP contribution in [0.2, 0.25) is 0 Å². The third-order valence-electron chi connectivity index (χ3n) is 3.08. The number of halogens is 2. The van der Waals surface area contributed by atoms with Crippen molar-refractivity contribution < 1.29 is 23.4 Å². The van der Waals surface area contributed by atoms with Crippen LogP contribution in [0.1, 0.15) is 12.0 Å². The Bertz CT molecular complexity index is 473. The van der Waals surface area contributed by atoms with Gasteiger partial charge in [-0.3, -0.25) is 4.79 Å². The molecule has 0 atom stereocenters. The van der Waals surface area contributed by atoms with E-state index in [2.05, 4.69) is 0 Å². The van der Waals surface area contributed by atoms with Gasteiger partial charge in [0, 0.05) is 31.3 Å². The summed E-state index contributed by atoms with van der Waals surface area (Å²) >= 11 is 0. The number of aliphatic carboxylic acids is 1. The zero-order valence-electron chi connectivity index (χ0n) is 10.4. The summed E-state index contributed by atoms with van der Waals surface area (Å²) in [7, 11) is 0. The van der Waals surface area contributed by atoms with Gasteiger partial charge in [0.2, 0.25) is 0 Å². The lowest BCUT2D eigenvalue weighted by Crippen LogP contribution is -2.37. The fourth-order valence-electron chi connectivity index (χ4n) is 2.12. The average molecular weight is 271 g/mol. The molecule has 0 unspecified atom stereocenters. The van der Waals surface area contributed by atoms with Gasteiger partial charge >= 0.3 is 5.97 Å². The summed E-state index contributed by atoms with van der Waals surface area (Å²) in [5.41, 5.74) is 1.08. The maximum atomic E-state index is 13.4. The molecule has 0 bridgehead atoms. The van der Waals surface area contributed by atoms with E-state index in [4.69, 9.17) is 9.84 Å². The maximum Gasteiger partial charge on any atom is 0.303 e. The Morgan fingerprint density at radius 1 is 1.26 bits per heavy atom. The molecule has 1 heterocycles. The lowest BCUT2D eigenvalue weighted by atomic mass is 10.1. The van der Waals surface area contributed by atoms with Gasteiger partial charge < -0.3 is 14.7 Å². The second-order valence-electron chi connectivity index (χ2n) is 4.39. The van der Waals surface area contributed by atoms with Crippen LogP contribution >= 0.6 is 0 Å². The summed E-state index contributed by atoms with van der Waals surface area (Å²) in [6.07, 6.45) is 0.0711. The van der Waals surface area contributed by atoms with Gasteiger partial charge in [0.1, 0.15) is 0 Å². The van der Waals surface area contributed by atoms with Crippen LogP contribution in [0, 0.1) is 11.6 Å². The van der Waals surface area contributed by atoms with Crippen molar-refractivity contribution in [2.45, 2.75) is 12.8 Å². The molecule has 0 aromatic heterocycles. The lowest BCUT2D eigenvalue weighted by Gasteiger charge is -2.30. The SMILES string of the molecule is O=C(O)CCc1cc(F)c(F)cc1N1CCOCC1. The topological polar surface area (TPSA) is 49.8 Å². The quantitative estimate of drug-likeness (QED) is 0.907. The van der Waals surface area contributed by atoms with Gasteiger partial charge in [-0.25, -0.2) is 8.78 Å². The van der Waals surface area contributed by atoms with E-state index < -0.39 is 17.6 Å². The Kier molecular flexibility index (Phi) is 4.31. The van der Waals surface area contributed by atoms with E-state index in [1.807, 2.05) is 4.90 Å². The van der Waals surface area contributed by atoms with Crippen molar-refractivity contribution in [3.8, 4) is 0 Å². The molecule has 1 aliphatic rings. The van der Waals surface area contributed by atoms with Crippen LogP contribution in [-0.2, 0) is 16.0 Å². The number of anilines is 1. The summed E-state index contributed by atoms with van der Waals surface area (Å²) in [6.45, 7) is 2.23. The summed E-state index contributed by atoms with van der Waals surface area (Å²) < 4.78 is 31.9. The van der Waals surface area contributed by atoms with Crippen LogP contribution in [0.3, 0.4) is 0 Å². The highest BCUT2D eigenvalue weighted by molar-refractivity contribution is 5.68. The number of carbonyl (C=O) groups is 1. The minimum atomic E-state index is -0.960. The van der Waals surface area contributed by atoms with Crippen molar-refractivity contribution in [1.29, 1.82) is 0 Å². The van der Waals surface area contributed by atoms with Crippen molar-refractivity contribution >= 4 is 11.7 Å². The standard InChI is InChI=1S/C13H15F2NO3/c14-10-7-9(1-2-13(17)18)12(8-11(10)15)16-3-5-19-6-4-16/h7-8H,1-6H2,(H,17,18). The van der Waals surface area contributed by atoms with E-state index in [-0.39, 0.29) is 12.8 Å². The molecule has 1 aromatic rings. The molecular weight excluding hydrogens is 256 g/mol. The minimum absolute atomic E-state index is 0.109. The van der Waals surface area contributed by atoms with Gasteiger partial charge in [0.15, 0.2) is 11.6 Å². The van der Waals surface area contributed by atoms with Crippen molar-refractivity contribution in [3.05, 3.63) is 29.3 Å². The highest BCUT2D eigenvalue weighted by Crippen LogP contribution is 2.26. The molecule has 0 amide bonds. The van der Waals surface area contributed by atoms with Gasteiger partial charge in [-0.2, -0.15) is 0 Å². The third-order valence-corrected chi connectivity index (χ3v) is 3.08. The van der Waals surface area contributed by atoms with Gasteiger partial charge in [0.05, 0.1) is 13.2 Å². The third kappa shape index (κ3) is 3.41. The first kappa shape index (κ1) is 13.7. The number of hydrogen-bond donors (Lipinski definition) is 1. The van der Waals surface area contributed by atoms with Crippen molar-refractivity contribution in [1.82, 2.24) is 0 Å². The highest BCUT2D eigenvalue weighted by atomic mass is 19.2. The van der Waals surface area contributed by atoms with Crippen molar-refractivity contribution in [2.24, 2.45) is 0 Å². The maximum absolute atomic E-state index is 13.4. The smallest absolute Gasteiger partial charge is 0.303 e. The van der Waals surface area contributed by atoms with E-state index in [0.29, 0.717) is 37.6 Å². The summed E-state index contributed by atoms with van der Waals surface area (Å²) in [5, 5.41) is 8.70. The van der Waals surface area contributed by atoms with Crippen molar-refractivity contribution in [3.63, 3.8) is 0 Å². The molecule has 4 nitrogen and oxygen atoms in total. The Morgan fingerprint density at radius 2 is 1.89 bits per heavy atom. The number of benzene rings is 1. The van der Waals surface area contributed by atoms with Crippen LogP contribution in [0.4, 0.5) is 14.5 Å². The minimum Gasteiger partial charge on any atom is -0.481 e. The number of hydrogen-bond acceptors (Lipinski definition) is 3. The van der Waals surface area contributed by atoms with Gasteiger partial charge in [-0.05, 0) is 18.1 Å². The largest absolute Gasteiger partial charge is 0.481 e. The van der Waals surface area contributed by atoms with Gasteiger partial charge in [-0.1, -0.05) is 0 Å². The molecule has 6 heteroatoms. The van der Waals surface area contributed by atoms with Crippen LogP contribution < -0.4 is 4.90 Å². The summed E-state index contributed by atoms with van der Waals surface area (Å²) in [4.78, 5) is 12.5. The zero-order valence-corrected chi connectivity index (χ0v) is 10.4. The Hall–Kier alpha value is -1.69. The lowest BCUT2D eigenvalue weighted by molar-refractivity contribution is -0.136. The molecule has 104 valence electrons. The first-order valence-electron chi connectivity index (χ1n) is 6.10. The molecule has 1 aromatic carbocycles. The molecule has 0 radical (unpaired) electrons. The predicted molar refractivity (Wildman–Crippen MR) is 65.3 cm³/mol. The van der Waals surface area contributed by atoms with Crippen LogP contribution in [-0.4, -0.2) is 37.4 Å². The second-order valence-corrected chi connectivity index (χ2v) is 4.39. The molecule has 2 rings (SSSR count). The van der Waals surface area contributed by atoms with Gasteiger partial charge in [-0.15, -0.1) is 0 Å². The van der Waals surface area contributed by atoms with Gasteiger partial charge in [0.25, 0.3) is 0 Å². The molecular formula is C13H15F2NO3. The number of nitrogens with zero attached hydrogens (tertiary/aromatic N) is 1. The predicted octanol–water partition coefficient (Wildman–Crippen LogP) is 1.82. The van der Waals surface area contributed by atoms with Crippen LogP contribution in [0.25, 0.3) is 0 Å².